The zero-order chi connectivity index (χ0) is 12.8. The van der Waals surface area contributed by atoms with Crippen molar-refractivity contribution in [3.63, 3.8) is 0 Å². The van der Waals surface area contributed by atoms with Gasteiger partial charge in [0.05, 0.1) is 5.56 Å². The number of aromatic carboxylic acids is 1. The van der Waals surface area contributed by atoms with Gasteiger partial charge in [-0.3, -0.25) is 0 Å². The maximum atomic E-state index is 10.7. The summed E-state index contributed by atoms with van der Waals surface area (Å²) in [5, 5.41) is 12.2. The first-order valence-electron chi connectivity index (χ1n) is 5.69. The Morgan fingerprint density at radius 2 is 1.94 bits per heavy atom. The van der Waals surface area contributed by atoms with Gasteiger partial charge in [0.1, 0.15) is 0 Å². The van der Waals surface area contributed by atoms with E-state index in [-0.39, 0.29) is 0 Å². The zero-order valence-corrected chi connectivity index (χ0v) is 10.6. The van der Waals surface area contributed by atoms with Gasteiger partial charge in [0.2, 0.25) is 0 Å². The molecular weight excluding hydrogens is 216 g/mol. The minimum atomic E-state index is -0.884. The van der Waals surface area contributed by atoms with Crippen molar-refractivity contribution in [3.05, 3.63) is 35.4 Å². The minimum Gasteiger partial charge on any atom is -0.478 e. The molecule has 0 spiro atoms. The van der Waals surface area contributed by atoms with Crippen molar-refractivity contribution in [1.82, 2.24) is 10.2 Å². The van der Waals surface area contributed by atoms with E-state index in [0.29, 0.717) is 11.6 Å². The Balaban J connectivity index is 2.44. The Kier molecular flexibility index (Phi) is 5.12. The molecule has 0 heterocycles. The van der Waals surface area contributed by atoms with E-state index in [1.165, 1.54) is 0 Å². The topological polar surface area (TPSA) is 52.6 Å². The number of benzene rings is 1. The summed E-state index contributed by atoms with van der Waals surface area (Å²) in [4.78, 5) is 12.8. The number of carbonyl (C=O) groups is 1. The molecule has 0 radical (unpaired) electrons. The van der Waals surface area contributed by atoms with Crippen molar-refractivity contribution < 1.29 is 9.90 Å². The summed E-state index contributed by atoms with van der Waals surface area (Å²) in [6, 6.07) is 7.37. The number of carboxylic acid groups (broad SMARTS) is 1. The fourth-order valence-corrected chi connectivity index (χ4v) is 1.67. The van der Waals surface area contributed by atoms with Crippen molar-refractivity contribution in [1.29, 1.82) is 0 Å². The van der Waals surface area contributed by atoms with Crippen LogP contribution in [0, 0.1) is 0 Å². The van der Waals surface area contributed by atoms with Crippen LogP contribution >= 0.6 is 0 Å². The van der Waals surface area contributed by atoms with Gasteiger partial charge in [-0.25, -0.2) is 4.79 Å². The van der Waals surface area contributed by atoms with E-state index >= 15 is 0 Å². The lowest BCUT2D eigenvalue weighted by Gasteiger charge is -2.18. The number of nitrogens with zero attached hydrogens (tertiary/aromatic N) is 1. The summed E-state index contributed by atoms with van der Waals surface area (Å²) in [6.07, 6.45) is 0. The van der Waals surface area contributed by atoms with Gasteiger partial charge in [-0.15, -0.1) is 0 Å². The van der Waals surface area contributed by atoms with Crippen LogP contribution in [0.3, 0.4) is 0 Å². The first-order chi connectivity index (χ1) is 7.99. The quantitative estimate of drug-likeness (QED) is 0.784. The van der Waals surface area contributed by atoms with Crippen molar-refractivity contribution >= 4 is 5.97 Å². The van der Waals surface area contributed by atoms with E-state index < -0.39 is 5.97 Å². The van der Waals surface area contributed by atoms with Crippen LogP contribution in [0.15, 0.2) is 24.3 Å². The highest BCUT2D eigenvalue weighted by Gasteiger charge is 2.04. The van der Waals surface area contributed by atoms with Gasteiger partial charge >= 0.3 is 5.97 Å². The molecule has 4 nitrogen and oxygen atoms in total. The van der Waals surface area contributed by atoms with Crippen LogP contribution in [0.25, 0.3) is 0 Å². The van der Waals surface area contributed by atoms with E-state index in [9.17, 15) is 4.79 Å². The first kappa shape index (κ1) is 13.7. The van der Waals surface area contributed by atoms with Gasteiger partial charge in [-0.05, 0) is 38.7 Å². The van der Waals surface area contributed by atoms with Crippen LogP contribution in [0.5, 0.6) is 0 Å². The van der Waals surface area contributed by atoms with Gasteiger partial charge in [-0.1, -0.05) is 12.1 Å². The molecule has 0 aliphatic heterocycles. The molecule has 1 aromatic rings. The number of carboxylic acids is 1. The van der Waals surface area contributed by atoms with Gasteiger partial charge < -0.3 is 15.3 Å². The predicted molar refractivity (Wildman–Crippen MR) is 68.3 cm³/mol. The maximum Gasteiger partial charge on any atom is 0.335 e. The van der Waals surface area contributed by atoms with Gasteiger partial charge in [-0.2, -0.15) is 0 Å². The summed E-state index contributed by atoms with van der Waals surface area (Å²) in [6.45, 7) is 3.87. The molecule has 17 heavy (non-hydrogen) atoms. The third kappa shape index (κ3) is 4.97. The largest absolute Gasteiger partial charge is 0.478 e. The number of hydrogen-bond donors (Lipinski definition) is 2. The van der Waals surface area contributed by atoms with Crippen LogP contribution in [0.1, 0.15) is 22.8 Å². The molecule has 1 atom stereocenters. The molecule has 1 unspecified atom stereocenters. The summed E-state index contributed by atoms with van der Waals surface area (Å²) >= 11 is 0. The summed E-state index contributed by atoms with van der Waals surface area (Å²) in [5.74, 6) is -0.884. The Bertz CT molecular complexity index is 360. The predicted octanol–water partition coefficient (Wildman–Crippen LogP) is 1.42. The zero-order valence-electron chi connectivity index (χ0n) is 10.6. The molecule has 0 bridgehead atoms. The van der Waals surface area contributed by atoms with E-state index in [0.717, 1.165) is 18.7 Å². The van der Waals surface area contributed by atoms with Crippen LogP contribution in [-0.2, 0) is 6.54 Å². The second-order valence-electron chi connectivity index (χ2n) is 4.55. The highest BCUT2D eigenvalue weighted by atomic mass is 16.4. The molecule has 0 saturated carbocycles. The van der Waals surface area contributed by atoms with E-state index in [2.05, 4.69) is 17.1 Å². The van der Waals surface area contributed by atoms with Gasteiger partial charge in [0.15, 0.2) is 0 Å². The first-order valence-corrected chi connectivity index (χ1v) is 5.69. The normalized spacial score (nSPS) is 12.7. The monoisotopic (exact) mass is 236 g/mol. The Morgan fingerprint density at radius 3 is 2.41 bits per heavy atom. The molecule has 94 valence electrons. The maximum absolute atomic E-state index is 10.7. The van der Waals surface area contributed by atoms with E-state index in [1.54, 1.807) is 12.1 Å². The molecule has 2 N–H and O–H groups in total. The SMILES string of the molecule is CC(CN(C)C)NCc1ccc(C(=O)O)cc1. The smallest absolute Gasteiger partial charge is 0.335 e. The van der Waals surface area contributed by atoms with E-state index in [4.69, 9.17) is 5.11 Å². The average Bonchev–Trinajstić information content (AvgIpc) is 2.26. The lowest BCUT2D eigenvalue weighted by atomic mass is 10.1. The van der Waals surface area contributed by atoms with Gasteiger partial charge in [0, 0.05) is 19.1 Å². The summed E-state index contributed by atoms with van der Waals surface area (Å²) in [5.41, 5.74) is 1.43. The molecule has 0 aliphatic rings. The highest BCUT2D eigenvalue weighted by molar-refractivity contribution is 5.87. The minimum absolute atomic E-state index is 0.329. The number of nitrogens with one attached hydrogen (secondary N) is 1. The van der Waals surface area contributed by atoms with Crippen LogP contribution in [0.4, 0.5) is 0 Å². The van der Waals surface area contributed by atoms with Crippen LogP contribution in [-0.4, -0.2) is 42.7 Å². The standard InChI is InChI=1S/C13H20N2O2/c1-10(9-15(2)3)14-8-11-4-6-12(7-5-11)13(16)17/h4-7,10,14H,8-9H2,1-3H3,(H,16,17). The summed E-state index contributed by atoms with van der Waals surface area (Å²) < 4.78 is 0. The second-order valence-corrected chi connectivity index (χ2v) is 4.55. The number of likely N-dealkylation sites (N-methyl/N-ethyl adjacent to an activating group) is 1. The molecule has 1 aromatic carbocycles. The van der Waals surface area contributed by atoms with Crippen molar-refractivity contribution in [2.45, 2.75) is 19.5 Å². The summed E-state index contributed by atoms with van der Waals surface area (Å²) in [7, 11) is 4.08. The molecule has 4 heteroatoms. The molecule has 1 rings (SSSR count). The lowest BCUT2D eigenvalue weighted by molar-refractivity contribution is 0.0697. The van der Waals surface area contributed by atoms with Gasteiger partial charge in [0.25, 0.3) is 0 Å². The van der Waals surface area contributed by atoms with Crippen LogP contribution in [0.2, 0.25) is 0 Å². The fourth-order valence-electron chi connectivity index (χ4n) is 1.67. The number of hydrogen-bond acceptors (Lipinski definition) is 3. The third-order valence-corrected chi connectivity index (χ3v) is 2.49. The molecule has 0 saturated heterocycles. The Hall–Kier alpha value is -1.39. The van der Waals surface area contributed by atoms with E-state index in [1.807, 2.05) is 26.2 Å². The third-order valence-electron chi connectivity index (χ3n) is 2.49. The van der Waals surface area contributed by atoms with Crippen LogP contribution < -0.4 is 5.32 Å². The Morgan fingerprint density at radius 1 is 1.35 bits per heavy atom. The lowest BCUT2D eigenvalue weighted by Crippen LogP contribution is -2.35. The van der Waals surface area contributed by atoms with Crippen molar-refractivity contribution in [2.24, 2.45) is 0 Å². The fraction of sp³-hybridized carbons (Fsp3) is 0.462. The molecule has 0 fully saturated rings. The second kappa shape index (κ2) is 6.37. The average molecular weight is 236 g/mol. The molecular formula is C13H20N2O2. The highest BCUT2D eigenvalue weighted by Crippen LogP contribution is 2.04. The molecule has 0 amide bonds. The number of rotatable bonds is 6. The van der Waals surface area contributed by atoms with Crippen molar-refractivity contribution in [3.8, 4) is 0 Å². The van der Waals surface area contributed by atoms with Crippen molar-refractivity contribution in [2.75, 3.05) is 20.6 Å². The molecule has 0 aromatic heterocycles. The Labute approximate surface area is 102 Å². The molecule has 0 aliphatic carbocycles.